The van der Waals surface area contributed by atoms with Crippen LogP contribution in [0.15, 0.2) is 0 Å². The lowest BCUT2D eigenvalue weighted by atomic mass is 9.95. The minimum Gasteiger partial charge on any atom is -0.340 e. The van der Waals surface area contributed by atoms with Crippen LogP contribution in [0.25, 0.3) is 0 Å². The van der Waals surface area contributed by atoms with Crippen molar-refractivity contribution in [2.75, 3.05) is 46.3 Å². The Kier molecular flexibility index (Phi) is 5.85. The molecule has 4 heteroatoms. The fourth-order valence-corrected chi connectivity index (χ4v) is 3.63. The molecule has 2 saturated heterocycles. The Morgan fingerprint density at radius 3 is 2.05 bits per heavy atom. The van der Waals surface area contributed by atoms with Gasteiger partial charge in [0.15, 0.2) is 0 Å². The highest BCUT2D eigenvalue weighted by Gasteiger charge is 2.30. The molecule has 2 rings (SSSR count). The molecule has 0 N–H and O–H groups in total. The van der Waals surface area contributed by atoms with E-state index in [2.05, 4.69) is 35.6 Å². The molecule has 2 aliphatic heterocycles. The SMILES string of the molecule is CCC(CC)N1CCN(C(=O)C2CCN(C)CC2)CC1. The Morgan fingerprint density at radius 1 is 1.00 bits per heavy atom. The van der Waals surface area contributed by atoms with Crippen LogP contribution in [0.4, 0.5) is 0 Å². The number of piperazine rings is 1. The van der Waals surface area contributed by atoms with E-state index < -0.39 is 0 Å². The molecule has 0 aromatic carbocycles. The second-order valence-electron chi connectivity index (χ2n) is 6.41. The number of nitrogens with zero attached hydrogens (tertiary/aromatic N) is 3. The van der Waals surface area contributed by atoms with Crippen molar-refractivity contribution in [3.63, 3.8) is 0 Å². The van der Waals surface area contributed by atoms with Crippen LogP contribution in [0.2, 0.25) is 0 Å². The van der Waals surface area contributed by atoms with Crippen molar-refractivity contribution in [1.82, 2.24) is 14.7 Å². The topological polar surface area (TPSA) is 26.8 Å². The highest BCUT2D eigenvalue weighted by Crippen LogP contribution is 2.20. The van der Waals surface area contributed by atoms with E-state index in [4.69, 9.17) is 0 Å². The third-order valence-electron chi connectivity index (χ3n) is 5.15. The average molecular weight is 281 g/mol. The van der Waals surface area contributed by atoms with Gasteiger partial charge in [0.1, 0.15) is 0 Å². The van der Waals surface area contributed by atoms with Crippen LogP contribution in [-0.2, 0) is 4.79 Å². The molecule has 0 unspecified atom stereocenters. The number of piperidine rings is 1. The van der Waals surface area contributed by atoms with E-state index in [1.807, 2.05) is 0 Å². The summed E-state index contributed by atoms with van der Waals surface area (Å²) < 4.78 is 0. The lowest BCUT2D eigenvalue weighted by molar-refractivity contribution is -0.139. The molecule has 0 aromatic rings. The maximum Gasteiger partial charge on any atom is 0.225 e. The van der Waals surface area contributed by atoms with Gasteiger partial charge < -0.3 is 9.80 Å². The van der Waals surface area contributed by atoms with Crippen molar-refractivity contribution in [3.8, 4) is 0 Å². The summed E-state index contributed by atoms with van der Waals surface area (Å²) in [6, 6.07) is 0.704. The summed E-state index contributed by atoms with van der Waals surface area (Å²) >= 11 is 0. The van der Waals surface area contributed by atoms with E-state index in [9.17, 15) is 4.79 Å². The summed E-state index contributed by atoms with van der Waals surface area (Å²) in [7, 11) is 2.15. The number of hydrogen-bond donors (Lipinski definition) is 0. The maximum atomic E-state index is 12.6. The van der Waals surface area contributed by atoms with Crippen LogP contribution in [0.5, 0.6) is 0 Å². The molecule has 0 radical (unpaired) electrons. The first-order valence-electron chi connectivity index (χ1n) is 8.37. The van der Waals surface area contributed by atoms with Gasteiger partial charge in [0, 0.05) is 38.1 Å². The van der Waals surface area contributed by atoms with Crippen molar-refractivity contribution in [1.29, 1.82) is 0 Å². The van der Waals surface area contributed by atoms with Crippen molar-refractivity contribution < 1.29 is 4.79 Å². The van der Waals surface area contributed by atoms with Gasteiger partial charge >= 0.3 is 0 Å². The van der Waals surface area contributed by atoms with Crippen LogP contribution >= 0.6 is 0 Å². The molecule has 116 valence electrons. The van der Waals surface area contributed by atoms with E-state index in [-0.39, 0.29) is 5.92 Å². The molecule has 4 nitrogen and oxygen atoms in total. The Bertz CT molecular complexity index is 301. The first kappa shape index (κ1) is 15.8. The van der Waals surface area contributed by atoms with Gasteiger partial charge in [-0.05, 0) is 45.8 Å². The number of likely N-dealkylation sites (tertiary alicyclic amines) is 1. The second kappa shape index (κ2) is 7.41. The van der Waals surface area contributed by atoms with E-state index in [1.165, 1.54) is 12.8 Å². The van der Waals surface area contributed by atoms with Crippen molar-refractivity contribution in [2.24, 2.45) is 5.92 Å². The van der Waals surface area contributed by atoms with Crippen LogP contribution in [0.3, 0.4) is 0 Å². The molecule has 1 amide bonds. The molecular formula is C16H31N3O. The van der Waals surface area contributed by atoms with E-state index >= 15 is 0 Å². The van der Waals surface area contributed by atoms with Gasteiger partial charge in [0.25, 0.3) is 0 Å². The third kappa shape index (κ3) is 3.73. The van der Waals surface area contributed by atoms with Gasteiger partial charge in [-0.1, -0.05) is 13.8 Å². The van der Waals surface area contributed by atoms with Gasteiger partial charge in [-0.3, -0.25) is 9.69 Å². The van der Waals surface area contributed by atoms with Crippen LogP contribution in [0.1, 0.15) is 39.5 Å². The predicted octanol–water partition coefficient (Wildman–Crippen LogP) is 1.66. The number of amides is 1. The highest BCUT2D eigenvalue weighted by molar-refractivity contribution is 5.79. The molecule has 0 saturated carbocycles. The Labute approximate surface area is 124 Å². The fourth-order valence-electron chi connectivity index (χ4n) is 3.63. The molecule has 20 heavy (non-hydrogen) atoms. The Balaban J connectivity index is 1.79. The first-order chi connectivity index (χ1) is 9.65. The molecule has 0 aromatic heterocycles. The lowest BCUT2D eigenvalue weighted by Crippen LogP contribution is -2.53. The zero-order valence-electron chi connectivity index (χ0n) is 13.5. The monoisotopic (exact) mass is 281 g/mol. The molecule has 0 spiro atoms. The summed E-state index contributed by atoms with van der Waals surface area (Å²) in [5.74, 6) is 0.702. The van der Waals surface area contributed by atoms with Gasteiger partial charge in [-0.25, -0.2) is 0 Å². The largest absolute Gasteiger partial charge is 0.340 e. The number of rotatable bonds is 4. The normalized spacial score (nSPS) is 23.5. The molecule has 0 bridgehead atoms. The third-order valence-corrected chi connectivity index (χ3v) is 5.15. The quantitative estimate of drug-likeness (QED) is 0.784. The molecular weight excluding hydrogens is 250 g/mol. The van der Waals surface area contributed by atoms with Crippen LogP contribution < -0.4 is 0 Å². The van der Waals surface area contributed by atoms with Crippen molar-refractivity contribution >= 4 is 5.91 Å². The standard InChI is InChI=1S/C16H31N3O/c1-4-15(5-2)18-10-12-19(13-11-18)16(20)14-6-8-17(3)9-7-14/h14-15H,4-13H2,1-3H3. The van der Waals surface area contributed by atoms with E-state index in [0.717, 1.165) is 52.1 Å². The molecule has 0 atom stereocenters. The number of carbonyl (C=O) groups excluding carboxylic acids is 1. The van der Waals surface area contributed by atoms with Gasteiger partial charge in [-0.15, -0.1) is 0 Å². The molecule has 2 aliphatic rings. The van der Waals surface area contributed by atoms with Crippen LogP contribution in [-0.4, -0.2) is 73.0 Å². The van der Waals surface area contributed by atoms with E-state index in [1.54, 1.807) is 0 Å². The minimum atomic E-state index is 0.283. The Morgan fingerprint density at radius 2 is 1.55 bits per heavy atom. The van der Waals surface area contributed by atoms with Crippen molar-refractivity contribution in [2.45, 2.75) is 45.6 Å². The second-order valence-corrected chi connectivity index (χ2v) is 6.41. The van der Waals surface area contributed by atoms with Gasteiger partial charge in [0.05, 0.1) is 0 Å². The summed E-state index contributed by atoms with van der Waals surface area (Å²) in [6.45, 7) is 10.7. The fraction of sp³-hybridized carbons (Fsp3) is 0.938. The number of carbonyl (C=O) groups is 1. The van der Waals surface area contributed by atoms with Crippen molar-refractivity contribution in [3.05, 3.63) is 0 Å². The van der Waals surface area contributed by atoms with Gasteiger partial charge in [-0.2, -0.15) is 0 Å². The lowest BCUT2D eigenvalue weighted by Gasteiger charge is -2.40. The zero-order valence-corrected chi connectivity index (χ0v) is 13.5. The number of hydrogen-bond acceptors (Lipinski definition) is 3. The first-order valence-corrected chi connectivity index (χ1v) is 8.37. The summed E-state index contributed by atoms with van der Waals surface area (Å²) in [5.41, 5.74) is 0. The minimum absolute atomic E-state index is 0.283. The summed E-state index contributed by atoms with van der Waals surface area (Å²) in [6.07, 6.45) is 4.53. The van der Waals surface area contributed by atoms with Crippen LogP contribution in [0, 0.1) is 5.92 Å². The summed E-state index contributed by atoms with van der Waals surface area (Å²) in [4.78, 5) is 19.6. The predicted molar refractivity (Wildman–Crippen MR) is 82.7 cm³/mol. The molecule has 2 heterocycles. The average Bonchev–Trinajstić information content (AvgIpc) is 2.49. The Hall–Kier alpha value is -0.610. The highest BCUT2D eigenvalue weighted by atomic mass is 16.2. The molecule has 2 fully saturated rings. The zero-order chi connectivity index (χ0) is 14.5. The van der Waals surface area contributed by atoms with Gasteiger partial charge in [0.2, 0.25) is 5.91 Å². The maximum absolute atomic E-state index is 12.6. The smallest absolute Gasteiger partial charge is 0.225 e. The summed E-state index contributed by atoms with van der Waals surface area (Å²) in [5, 5.41) is 0. The molecule has 0 aliphatic carbocycles. The van der Waals surface area contributed by atoms with E-state index in [0.29, 0.717) is 11.9 Å².